The van der Waals surface area contributed by atoms with Crippen LogP contribution in [0.4, 0.5) is 0 Å². The molecular formula is C16H17N3O. The normalized spacial score (nSPS) is 10.9. The van der Waals surface area contributed by atoms with Crippen molar-refractivity contribution in [3.8, 4) is 5.75 Å². The van der Waals surface area contributed by atoms with E-state index in [0.29, 0.717) is 0 Å². The third-order valence-corrected chi connectivity index (χ3v) is 3.41. The second kappa shape index (κ2) is 5.33. The highest BCUT2D eigenvalue weighted by molar-refractivity contribution is 5.45. The lowest BCUT2D eigenvalue weighted by atomic mass is 10.1. The number of para-hydroxylation sites is 1. The highest BCUT2D eigenvalue weighted by Gasteiger charge is 2.07. The van der Waals surface area contributed by atoms with Gasteiger partial charge in [-0.05, 0) is 36.6 Å². The minimum absolute atomic E-state index is 0.807. The first-order chi connectivity index (χ1) is 9.78. The van der Waals surface area contributed by atoms with Crippen molar-refractivity contribution < 1.29 is 4.74 Å². The number of benzene rings is 1. The molecule has 0 saturated heterocycles. The third-order valence-electron chi connectivity index (χ3n) is 3.41. The molecule has 0 spiro atoms. The van der Waals surface area contributed by atoms with Crippen LogP contribution in [0.5, 0.6) is 5.75 Å². The lowest BCUT2D eigenvalue weighted by molar-refractivity contribution is 0.409. The summed E-state index contributed by atoms with van der Waals surface area (Å²) < 4.78 is 7.21. The van der Waals surface area contributed by atoms with Gasteiger partial charge in [-0.25, -0.2) is 9.50 Å². The smallest absolute Gasteiger partial charge is 0.158 e. The second-order valence-corrected chi connectivity index (χ2v) is 4.80. The van der Waals surface area contributed by atoms with E-state index in [2.05, 4.69) is 16.1 Å². The molecule has 2 heterocycles. The van der Waals surface area contributed by atoms with Crippen molar-refractivity contribution in [2.24, 2.45) is 0 Å². The molecule has 4 heteroatoms. The Bertz CT molecular complexity index is 733. The van der Waals surface area contributed by atoms with Gasteiger partial charge in [0.05, 0.1) is 7.11 Å². The summed E-state index contributed by atoms with van der Waals surface area (Å²) in [5, 5.41) is 4.51. The first-order valence-electron chi connectivity index (χ1n) is 6.70. The molecule has 4 nitrogen and oxygen atoms in total. The van der Waals surface area contributed by atoms with Gasteiger partial charge in [0.1, 0.15) is 5.75 Å². The maximum atomic E-state index is 5.37. The summed E-state index contributed by atoms with van der Waals surface area (Å²) in [4.78, 5) is 4.59. The predicted molar refractivity (Wildman–Crippen MR) is 78.1 cm³/mol. The largest absolute Gasteiger partial charge is 0.496 e. The lowest BCUT2D eigenvalue weighted by Crippen LogP contribution is -1.97. The first kappa shape index (κ1) is 12.7. The molecule has 0 radical (unpaired) electrons. The van der Waals surface area contributed by atoms with Crippen LogP contribution in [-0.2, 0) is 12.8 Å². The van der Waals surface area contributed by atoms with Gasteiger partial charge >= 0.3 is 0 Å². The Hall–Kier alpha value is -2.36. The van der Waals surface area contributed by atoms with Crippen LogP contribution in [0.25, 0.3) is 5.65 Å². The van der Waals surface area contributed by atoms with Crippen molar-refractivity contribution >= 4 is 5.65 Å². The number of aryl methyl sites for hydroxylation is 3. The summed E-state index contributed by atoms with van der Waals surface area (Å²) in [6.45, 7) is 2.05. The average molecular weight is 267 g/mol. The molecule has 102 valence electrons. The van der Waals surface area contributed by atoms with Gasteiger partial charge in [-0.3, -0.25) is 0 Å². The highest BCUT2D eigenvalue weighted by Crippen LogP contribution is 2.19. The van der Waals surface area contributed by atoms with E-state index in [1.807, 2.05) is 48.0 Å². The number of ether oxygens (including phenoxy) is 1. The van der Waals surface area contributed by atoms with Gasteiger partial charge in [-0.1, -0.05) is 24.3 Å². The van der Waals surface area contributed by atoms with Crippen molar-refractivity contribution in [3.05, 3.63) is 59.5 Å². The molecule has 0 fully saturated rings. The fourth-order valence-corrected chi connectivity index (χ4v) is 2.35. The SMILES string of the molecule is COc1ccccc1CCc1nc2c(C)cccn2n1. The molecule has 0 aliphatic rings. The Morgan fingerprint density at radius 3 is 2.75 bits per heavy atom. The molecule has 3 rings (SSSR count). The Balaban J connectivity index is 1.82. The summed E-state index contributed by atoms with van der Waals surface area (Å²) in [6.07, 6.45) is 3.61. The third kappa shape index (κ3) is 2.37. The standard InChI is InChI=1S/C16H17N3O/c1-12-6-5-11-19-16(12)17-15(18-19)10-9-13-7-3-4-8-14(13)20-2/h3-8,11H,9-10H2,1-2H3. The van der Waals surface area contributed by atoms with E-state index < -0.39 is 0 Å². The van der Waals surface area contributed by atoms with Gasteiger partial charge < -0.3 is 4.74 Å². The average Bonchev–Trinajstić information content (AvgIpc) is 2.90. The number of fused-ring (bicyclic) bond motifs is 1. The number of hydrogen-bond donors (Lipinski definition) is 0. The molecule has 20 heavy (non-hydrogen) atoms. The van der Waals surface area contributed by atoms with Gasteiger partial charge in [-0.15, -0.1) is 0 Å². The molecule has 0 unspecified atom stereocenters. The topological polar surface area (TPSA) is 39.4 Å². The molecule has 0 N–H and O–H groups in total. The van der Waals surface area contributed by atoms with E-state index in [4.69, 9.17) is 4.74 Å². The Kier molecular flexibility index (Phi) is 3.37. The van der Waals surface area contributed by atoms with Crippen LogP contribution in [0.3, 0.4) is 0 Å². The zero-order valence-corrected chi connectivity index (χ0v) is 11.7. The predicted octanol–water partition coefficient (Wildman–Crippen LogP) is 2.83. The van der Waals surface area contributed by atoms with E-state index in [9.17, 15) is 0 Å². The number of nitrogens with zero attached hydrogens (tertiary/aromatic N) is 3. The zero-order chi connectivity index (χ0) is 13.9. The fourth-order valence-electron chi connectivity index (χ4n) is 2.35. The lowest BCUT2D eigenvalue weighted by Gasteiger charge is -2.06. The number of methoxy groups -OCH3 is 1. The number of rotatable bonds is 4. The Labute approximate surface area is 118 Å². The van der Waals surface area contributed by atoms with Crippen LogP contribution in [0.15, 0.2) is 42.6 Å². The quantitative estimate of drug-likeness (QED) is 0.729. The number of aromatic nitrogens is 3. The Morgan fingerprint density at radius 1 is 1.10 bits per heavy atom. The van der Waals surface area contributed by atoms with Crippen LogP contribution >= 0.6 is 0 Å². The van der Waals surface area contributed by atoms with Crippen LogP contribution in [0.2, 0.25) is 0 Å². The first-order valence-corrected chi connectivity index (χ1v) is 6.70. The minimum Gasteiger partial charge on any atom is -0.496 e. The van der Waals surface area contributed by atoms with Crippen molar-refractivity contribution in [1.29, 1.82) is 0 Å². The van der Waals surface area contributed by atoms with E-state index in [1.54, 1.807) is 7.11 Å². The van der Waals surface area contributed by atoms with E-state index in [-0.39, 0.29) is 0 Å². The second-order valence-electron chi connectivity index (χ2n) is 4.80. The van der Waals surface area contributed by atoms with Gasteiger partial charge in [-0.2, -0.15) is 5.10 Å². The fraction of sp³-hybridized carbons (Fsp3) is 0.250. The summed E-state index contributed by atoms with van der Waals surface area (Å²) >= 11 is 0. The molecule has 0 saturated carbocycles. The Morgan fingerprint density at radius 2 is 1.95 bits per heavy atom. The minimum atomic E-state index is 0.807. The molecule has 0 aliphatic heterocycles. The molecular weight excluding hydrogens is 250 g/mol. The molecule has 0 amide bonds. The molecule has 1 aromatic carbocycles. The summed E-state index contributed by atoms with van der Waals surface area (Å²) in [5.41, 5.74) is 3.26. The summed E-state index contributed by atoms with van der Waals surface area (Å²) in [7, 11) is 1.70. The van der Waals surface area contributed by atoms with Crippen molar-refractivity contribution in [2.45, 2.75) is 19.8 Å². The van der Waals surface area contributed by atoms with Crippen molar-refractivity contribution in [1.82, 2.24) is 14.6 Å². The molecule has 2 aromatic heterocycles. The maximum absolute atomic E-state index is 5.37. The zero-order valence-electron chi connectivity index (χ0n) is 11.7. The molecule has 0 bridgehead atoms. The number of hydrogen-bond acceptors (Lipinski definition) is 3. The monoisotopic (exact) mass is 267 g/mol. The van der Waals surface area contributed by atoms with Crippen LogP contribution in [0.1, 0.15) is 17.0 Å². The highest BCUT2D eigenvalue weighted by atomic mass is 16.5. The van der Waals surface area contributed by atoms with Gasteiger partial charge in [0.2, 0.25) is 0 Å². The maximum Gasteiger partial charge on any atom is 0.158 e. The van der Waals surface area contributed by atoms with Gasteiger partial charge in [0.15, 0.2) is 11.5 Å². The van der Waals surface area contributed by atoms with Crippen molar-refractivity contribution in [2.75, 3.05) is 7.11 Å². The molecule has 0 atom stereocenters. The molecule has 3 aromatic rings. The van der Waals surface area contributed by atoms with Crippen LogP contribution in [0, 0.1) is 6.92 Å². The number of pyridine rings is 1. The summed E-state index contributed by atoms with van der Waals surface area (Å²) in [5.74, 6) is 1.79. The van der Waals surface area contributed by atoms with Gasteiger partial charge in [0, 0.05) is 12.6 Å². The van der Waals surface area contributed by atoms with Crippen LogP contribution < -0.4 is 4.74 Å². The van der Waals surface area contributed by atoms with E-state index >= 15 is 0 Å². The van der Waals surface area contributed by atoms with Gasteiger partial charge in [0.25, 0.3) is 0 Å². The summed E-state index contributed by atoms with van der Waals surface area (Å²) in [6, 6.07) is 12.1. The van der Waals surface area contributed by atoms with Crippen molar-refractivity contribution in [3.63, 3.8) is 0 Å². The molecule has 0 aliphatic carbocycles. The van der Waals surface area contributed by atoms with E-state index in [1.165, 1.54) is 5.56 Å². The van der Waals surface area contributed by atoms with E-state index in [0.717, 1.165) is 35.6 Å². The van der Waals surface area contributed by atoms with Crippen LogP contribution in [-0.4, -0.2) is 21.7 Å².